The number of rotatable bonds is 3. The first-order chi connectivity index (χ1) is 9.39. The third kappa shape index (κ3) is 2.95. The van der Waals surface area contributed by atoms with Crippen LogP contribution in [0.5, 0.6) is 0 Å². The van der Waals surface area contributed by atoms with Gasteiger partial charge in [0.15, 0.2) is 0 Å². The van der Waals surface area contributed by atoms with E-state index in [1.54, 1.807) is 0 Å². The van der Waals surface area contributed by atoms with Crippen molar-refractivity contribution in [3.8, 4) is 0 Å². The molecule has 3 heteroatoms. The van der Waals surface area contributed by atoms with Crippen LogP contribution in [-0.2, 0) is 6.54 Å². The molecular formula is C17H25BrN2. The summed E-state index contributed by atoms with van der Waals surface area (Å²) in [5.74, 6) is 0.878. The van der Waals surface area contributed by atoms with Gasteiger partial charge in [-0.15, -0.1) is 0 Å². The van der Waals surface area contributed by atoms with Gasteiger partial charge in [-0.3, -0.25) is 4.90 Å². The van der Waals surface area contributed by atoms with Crippen LogP contribution < -0.4 is 5.32 Å². The smallest absolute Gasteiger partial charge is 0.0309 e. The van der Waals surface area contributed by atoms with Crippen molar-refractivity contribution in [1.29, 1.82) is 0 Å². The lowest BCUT2D eigenvalue weighted by molar-refractivity contribution is 0.0178. The van der Waals surface area contributed by atoms with Gasteiger partial charge in [0.1, 0.15) is 0 Å². The van der Waals surface area contributed by atoms with Gasteiger partial charge in [0.25, 0.3) is 0 Å². The van der Waals surface area contributed by atoms with Crippen LogP contribution in [-0.4, -0.2) is 29.1 Å². The molecule has 2 aliphatic rings. The zero-order valence-electron chi connectivity index (χ0n) is 12.7. The van der Waals surface area contributed by atoms with Crippen LogP contribution in [0.25, 0.3) is 0 Å². The van der Waals surface area contributed by atoms with Crippen molar-refractivity contribution in [3.63, 3.8) is 0 Å². The maximum absolute atomic E-state index is 3.82. The minimum atomic E-state index is 0.219. The number of nitrogens with one attached hydrogen (secondary N) is 1. The normalized spacial score (nSPS) is 30.4. The molecule has 1 unspecified atom stereocenters. The average molecular weight is 337 g/mol. The van der Waals surface area contributed by atoms with E-state index in [9.17, 15) is 0 Å². The summed E-state index contributed by atoms with van der Waals surface area (Å²) in [4.78, 5) is 2.66. The Morgan fingerprint density at radius 2 is 2.05 bits per heavy atom. The lowest BCUT2D eigenvalue weighted by Gasteiger charge is -2.51. The first kappa shape index (κ1) is 14.6. The number of piperazine rings is 1. The first-order valence-corrected chi connectivity index (χ1v) is 8.43. The van der Waals surface area contributed by atoms with Gasteiger partial charge in [0.05, 0.1) is 0 Å². The Bertz CT molecular complexity index is 496. The maximum Gasteiger partial charge on any atom is 0.0309 e. The van der Waals surface area contributed by atoms with Crippen molar-refractivity contribution in [3.05, 3.63) is 34.3 Å². The molecule has 1 atom stereocenters. The first-order valence-electron chi connectivity index (χ1n) is 7.64. The van der Waals surface area contributed by atoms with E-state index in [4.69, 9.17) is 0 Å². The molecule has 1 saturated heterocycles. The minimum absolute atomic E-state index is 0.219. The molecule has 1 heterocycles. The van der Waals surface area contributed by atoms with Gasteiger partial charge < -0.3 is 5.32 Å². The predicted octanol–water partition coefficient (Wildman–Crippen LogP) is 3.80. The molecule has 1 saturated carbocycles. The standard InChI is InChI=1S/C17H25BrN2/c1-16(2)11-19-17(3,14-7-8-14)12-20(16)10-13-5-4-6-15(18)9-13/h4-6,9,14,19H,7-8,10-12H2,1-3H3. The third-order valence-corrected chi connectivity index (χ3v) is 5.53. The van der Waals surface area contributed by atoms with Crippen molar-refractivity contribution >= 4 is 15.9 Å². The highest BCUT2D eigenvalue weighted by atomic mass is 79.9. The van der Waals surface area contributed by atoms with E-state index in [1.807, 2.05) is 0 Å². The summed E-state index contributed by atoms with van der Waals surface area (Å²) in [5.41, 5.74) is 1.92. The third-order valence-electron chi connectivity index (χ3n) is 5.04. The molecule has 0 spiro atoms. The fraction of sp³-hybridized carbons (Fsp3) is 0.647. The summed E-state index contributed by atoms with van der Waals surface area (Å²) in [6.45, 7) is 10.4. The van der Waals surface area contributed by atoms with E-state index in [0.717, 1.165) is 25.6 Å². The second-order valence-electron chi connectivity index (χ2n) is 7.34. The molecule has 2 nitrogen and oxygen atoms in total. The SMILES string of the molecule is CC1(C2CC2)CN(Cc2cccc(Br)c2)C(C)(C)CN1. The van der Waals surface area contributed by atoms with Gasteiger partial charge in [-0.05, 0) is 57.2 Å². The van der Waals surface area contributed by atoms with E-state index in [2.05, 4.69) is 71.2 Å². The van der Waals surface area contributed by atoms with Gasteiger partial charge in [-0.25, -0.2) is 0 Å². The van der Waals surface area contributed by atoms with Crippen LogP contribution in [0.2, 0.25) is 0 Å². The van der Waals surface area contributed by atoms with E-state index < -0.39 is 0 Å². The molecule has 0 radical (unpaired) electrons. The van der Waals surface area contributed by atoms with Crippen LogP contribution in [0.4, 0.5) is 0 Å². The zero-order chi connectivity index (χ0) is 14.4. The number of hydrogen-bond donors (Lipinski definition) is 1. The van der Waals surface area contributed by atoms with Crippen molar-refractivity contribution in [2.24, 2.45) is 5.92 Å². The summed E-state index contributed by atoms with van der Waals surface area (Å²) in [6.07, 6.45) is 2.79. The molecule has 1 aliphatic carbocycles. The molecule has 110 valence electrons. The monoisotopic (exact) mass is 336 g/mol. The van der Waals surface area contributed by atoms with Gasteiger partial charge in [-0.1, -0.05) is 28.1 Å². The molecule has 3 rings (SSSR count). The van der Waals surface area contributed by atoms with Crippen LogP contribution in [0.1, 0.15) is 39.2 Å². The Kier molecular flexibility index (Phi) is 3.72. The second-order valence-corrected chi connectivity index (χ2v) is 8.26. The molecule has 0 amide bonds. The quantitative estimate of drug-likeness (QED) is 0.902. The van der Waals surface area contributed by atoms with Crippen molar-refractivity contribution in [2.75, 3.05) is 13.1 Å². The Hall–Kier alpha value is -0.380. The van der Waals surface area contributed by atoms with Crippen molar-refractivity contribution < 1.29 is 0 Å². The Balaban J connectivity index is 1.77. The Morgan fingerprint density at radius 1 is 1.30 bits per heavy atom. The van der Waals surface area contributed by atoms with Crippen molar-refractivity contribution in [1.82, 2.24) is 10.2 Å². The van der Waals surface area contributed by atoms with E-state index in [1.165, 1.54) is 22.9 Å². The summed E-state index contributed by atoms with van der Waals surface area (Å²) >= 11 is 3.58. The maximum atomic E-state index is 3.82. The fourth-order valence-electron chi connectivity index (χ4n) is 3.32. The van der Waals surface area contributed by atoms with E-state index in [-0.39, 0.29) is 5.54 Å². The van der Waals surface area contributed by atoms with Crippen molar-refractivity contribution in [2.45, 2.75) is 51.2 Å². The summed E-state index contributed by atoms with van der Waals surface area (Å²) < 4.78 is 1.17. The molecule has 0 aromatic heterocycles. The second kappa shape index (κ2) is 5.11. The predicted molar refractivity (Wildman–Crippen MR) is 87.8 cm³/mol. The molecule has 20 heavy (non-hydrogen) atoms. The van der Waals surface area contributed by atoms with Gasteiger partial charge in [0, 0.05) is 35.2 Å². The fourth-order valence-corrected chi connectivity index (χ4v) is 3.76. The largest absolute Gasteiger partial charge is 0.308 e. The van der Waals surface area contributed by atoms with Crippen LogP contribution in [0, 0.1) is 5.92 Å². The molecule has 1 aromatic rings. The highest BCUT2D eigenvalue weighted by Crippen LogP contribution is 2.42. The summed E-state index contributed by atoms with van der Waals surface area (Å²) in [6, 6.07) is 8.71. The lowest BCUT2D eigenvalue weighted by Crippen LogP contribution is -2.67. The zero-order valence-corrected chi connectivity index (χ0v) is 14.3. The molecule has 2 fully saturated rings. The number of nitrogens with zero attached hydrogens (tertiary/aromatic N) is 1. The van der Waals surface area contributed by atoms with E-state index in [0.29, 0.717) is 5.54 Å². The minimum Gasteiger partial charge on any atom is -0.308 e. The van der Waals surface area contributed by atoms with Crippen LogP contribution in [0.3, 0.4) is 0 Å². The Morgan fingerprint density at radius 3 is 2.70 bits per heavy atom. The molecular weight excluding hydrogens is 312 g/mol. The molecule has 1 aromatic carbocycles. The molecule has 0 bridgehead atoms. The average Bonchev–Trinajstić information content (AvgIpc) is 3.19. The van der Waals surface area contributed by atoms with Gasteiger partial charge in [-0.2, -0.15) is 0 Å². The Labute approximate surface area is 131 Å². The number of hydrogen-bond acceptors (Lipinski definition) is 2. The van der Waals surface area contributed by atoms with Gasteiger partial charge >= 0.3 is 0 Å². The van der Waals surface area contributed by atoms with Crippen LogP contribution >= 0.6 is 15.9 Å². The van der Waals surface area contributed by atoms with Crippen LogP contribution in [0.15, 0.2) is 28.7 Å². The summed E-state index contributed by atoms with van der Waals surface area (Å²) in [5, 5.41) is 3.82. The summed E-state index contributed by atoms with van der Waals surface area (Å²) in [7, 11) is 0. The number of benzene rings is 1. The van der Waals surface area contributed by atoms with Gasteiger partial charge in [0.2, 0.25) is 0 Å². The molecule has 1 N–H and O–H groups in total. The highest BCUT2D eigenvalue weighted by molar-refractivity contribution is 9.10. The highest BCUT2D eigenvalue weighted by Gasteiger charge is 2.47. The topological polar surface area (TPSA) is 15.3 Å². The lowest BCUT2D eigenvalue weighted by atomic mass is 9.86. The number of halogens is 1. The molecule has 1 aliphatic heterocycles. The van der Waals surface area contributed by atoms with E-state index >= 15 is 0 Å².